The maximum atomic E-state index is 13.5. The molecule has 0 bridgehead atoms. The molecule has 1 aromatic heterocycles. The first kappa shape index (κ1) is 15.1. The highest BCUT2D eigenvalue weighted by Crippen LogP contribution is 2.16. The zero-order valence-electron chi connectivity index (χ0n) is 11.7. The average Bonchev–Trinajstić information content (AvgIpc) is 2.82. The van der Waals surface area contributed by atoms with Crippen molar-refractivity contribution in [1.29, 1.82) is 0 Å². The molecule has 0 radical (unpaired) electrons. The number of carbonyl (C=O) groups is 1. The number of anilines is 1. The fraction of sp³-hybridized carbons (Fsp3) is 0.214. The Morgan fingerprint density at radius 1 is 1.48 bits per heavy atom. The molecule has 0 saturated carbocycles. The lowest BCUT2D eigenvalue weighted by atomic mass is 10.2. The number of aromatic nitrogens is 2. The molecule has 0 fully saturated rings. The molecule has 2 rings (SSSR count). The lowest BCUT2D eigenvalue weighted by Gasteiger charge is -2.08. The van der Waals surface area contributed by atoms with Crippen LogP contribution < -0.4 is 11.1 Å². The number of nitrogens with one attached hydrogen (secondary N) is 1. The molecule has 110 valence electrons. The highest BCUT2D eigenvalue weighted by Gasteiger charge is 2.14. The molecule has 2 aromatic rings. The summed E-state index contributed by atoms with van der Waals surface area (Å²) >= 11 is 4.77. The van der Waals surface area contributed by atoms with Gasteiger partial charge in [0.25, 0.3) is 5.91 Å². The van der Waals surface area contributed by atoms with Crippen molar-refractivity contribution in [1.82, 2.24) is 9.78 Å². The van der Waals surface area contributed by atoms with Gasteiger partial charge in [0.05, 0.1) is 5.69 Å². The summed E-state index contributed by atoms with van der Waals surface area (Å²) in [5.41, 5.74) is 7.16. The number of hydrogen-bond acceptors (Lipinski definition) is 3. The van der Waals surface area contributed by atoms with Gasteiger partial charge in [-0.1, -0.05) is 12.2 Å². The van der Waals surface area contributed by atoms with Crippen LogP contribution in [0.2, 0.25) is 0 Å². The molecule has 0 aliphatic heterocycles. The molecule has 1 amide bonds. The number of hydrogen-bond donors (Lipinski definition) is 2. The van der Waals surface area contributed by atoms with E-state index in [0.717, 1.165) is 5.69 Å². The minimum absolute atomic E-state index is 0.0574. The van der Waals surface area contributed by atoms with E-state index in [2.05, 4.69) is 10.4 Å². The summed E-state index contributed by atoms with van der Waals surface area (Å²) < 4.78 is 15.1. The van der Waals surface area contributed by atoms with Crippen LogP contribution in [0.15, 0.2) is 24.3 Å². The molecular formula is C14H15FN4OS. The summed E-state index contributed by atoms with van der Waals surface area (Å²) in [7, 11) is 0. The van der Waals surface area contributed by atoms with Crippen molar-refractivity contribution in [3.8, 4) is 0 Å². The van der Waals surface area contributed by atoms with E-state index in [1.165, 1.54) is 18.2 Å². The quantitative estimate of drug-likeness (QED) is 0.850. The van der Waals surface area contributed by atoms with Crippen LogP contribution in [0, 0.1) is 12.7 Å². The third kappa shape index (κ3) is 3.25. The fourth-order valence-corrected chi connectivity index (χ4v) is 2.11. The molecule has 0 spiro atoms. The molecule has 1 heterocycles. The SMILES string of the molecule is CCn1nc(C)cc1C(=O)Nc1ccc(F)c(C(N)=S)c1. The average molecular weight is 306 g/mol. The van der Waals surface area contributed by atoms with Crippen LogP contribution in [0.4, 0.5) is 10.1 Å². The van der Waals surface area contributed by atoms with Crippen LogP contribution in [-0.4, -0.2) is 20.7 Å². The Labute approximate surface area is 126 Å². The smallest absolute Gasteiger partial charge is 0.273 e. The Hall–Kier alpha value is -2.28. The van der Waals surface area contributed by atoms with E-state index >= 15 is 0 Å². The summed E-state index contributed by atoms with van der Waals surface area (Å²) in [6, 6.07) is 5.77. The Morgan fingerprint density at radius 3 is 2.81 bits per heavy atom. The Morgan fingerprint density at radius 2 is 2.19 bits per heavy atom. The Kier molecular flexibility index (Phi) is 4.32. The molecule has 0 aliphatic carbocycles. The normalized spacial score (nSPS) is 10.4. The van der Waals surface area contributed by atoms with Gasteiger partial charge in [-0.3, -0.25) is 9.48 Å². The number of nitrogens with zero attached hydrogens (tertiary/aromatic N) is 2. The van der Waals surface area contributed by atoms with E-state index < -0.39 is 5.82 Å². The monoisotopic (exact) mass is 306 g/mol. The van der Waals surface area contributed by atoms with E-state index in [0.29, 0.717) is 17.9 Å². The lowest BCUT2D eigenvalue weighted by Crippen LogP contribution is -2.18. The number of carbonyl (C=O) groups excluding carboxylic acids is 1. The van der Waals surface area contributed by atoms with Crippen molar-refractivity contribution < 1.29 is 9.18 Å². The summed E-state index contributed by atoms with van der Waals surface area (Å²) in [6.45, 7) is 4.29. The summed E-state index contributed by atoms with van der Waals surface area (Å²) in [6.07, 6.45) is 0. The van der Waals surface area contributed by atoms with Crippen molar-refractivity contribution in [3.05, 3.63) is 47.0 Å². The predicted molar refractivity (Wildman–Crippen MR) is 82.9 cm³/mol. The highest BCUT2D eigenvalue weighted by atomic mass is 32.1. The first-order valence-electron chi connectivity index (χ1n) is 6.37. The number of rotatable bonds is 4. The fourth-order valence-electron chi connectivity index (χ4n) is 1.96. The van der Waals surface area contributed by atoms with Gasteiger partial charge in [0, 0.05) is 17.8 Å². The van der Waals surface area contributed by atoms with Crippen molar-refractivity contribution in [2.24, 2.45) is 5.73 Å². The molecular weight excluding hydrogens is 291 g/mol. The zero-order valence-corrected chi connectivity index (χ0v) is 12.5. The molecule has 0 saturated heterocycles. The Balaban J connectivity index is 2.27. The van der Waals surface area contributed by atoms with Crippen LogP contribution >= 0.6 is 12.2 Å². The first-order valence-corrected chi connectivity index (χ1v) is 6.78. The summed E-state index contributed by atoms with van der Waals surface area (Å²) in [4.78, 5) is 12.2. The van der Waals surface area contributed by atoms with E-state index in [1.54, 1.807) is 10.7 Å². The molecule has 1 aromatic carbocycles. The van der Waals surface area contributed by atoms with E-state index in [9.17, 15) is 9.18 Å². The molecule has 0 unspecified atom stereocenters. The van der Waals surface area contributed by atoms with Crippen LogP contribution in [0.1, 0.15) is 28.7 Å². The molecule has 7 heteroatoms. The minimum Gasteiger partial charge on any atom is -0.389 e. The Bertz CT molecular complexity index is 711. The third-order valence-electron chi connectivity index (χ3n) is 2.92. The van der Waals surface area contributed by atoms with Crippen LogP contribution in [-0.2, 0) is 6.54 Å². The maximum Gasteiger partial charge on any atom is 0.273 e. The first-order chi connectivity index (χ1) is 9.92. The maximum absolute atomic E-state index is 13.5. The van der Waals surface area contributed by atoms with Gasteiger partial charge in [-0.25, -0.2) is 4.39 Å². The molecule has 0 atom stereocenters. The zero-order chi connectivity index (χ0) is 15.6. The van der Waals surface area contributed by atoms with Gasteiger partial charge in [-0.15, -0.1) is 0 Å². The lowest BCUT2D eigenvalue weighted by molar-refractivity contribution is 0.101. The second-order valence-electron chi connectivity index (χ2n) is 4.50. The number of benzene rings is 1. The van der Waals surface area contributed by atoms with Gasteiger partial charge in [-0.05, 0) is 38.1 Å². The van der Waals surface area contributed by atoms with Gasteiger partial charge in [0.2, 0.25) is 0 Å². The van der Waals surface area contributed by atoms with Crippen LogP contribution in [0.5, 0.6) is 0 Å². The van der Waals surface area contributed by atoms with E-state index in [4.69, 9.17) is 18.0 Å². The van der Waals surface area contributed by atoms with Crippen LogP contribution in [0.25, 0.3) is 0 Å². The molecule has 21 heavy (non-hydrogen) atoms. The second-order valence-corrected chi connectivity index (χ2v) is 4.94. The predicted octanol–water partition coefficient (Wildman–Crippen LogP) is 2.24. The highest BCUT2D eigenvalue weighted by molar-refractivity contribution is 7.80. The second kappa shape index (κ2) is 6.01. The van der Waals surface area contributed by atoms with E-state index in [-0.39, 0.29) is 16.5 Å². The van der Waals surface area contributed by atoms with Gasteiger partial charge in [0.15, 0.2) is 0 Å². The number of aryl methyl sites for hydroxylation is 2. The van der Waals surface area contributed by atoms with Crippen molar-refractivity contribution in [2.75, 3.05) is 5.32 Å². The number of thiocarbonyl (C=S) groups is 1. The van der Waals surface area contributed by atoms with Gasteiger partial charge < -0.3 is 11.1 Å². The van der Waals surface area contributed by atoms with Crippen molar-refractivity contribution in [2.45, 2.75) is 20.4 Å². The van der Waals surface area contributed by atoms with E-state index in [1.807, 2.05) is 13.8 Å². The van der Waals surface area contributed by atoms with Crippen molar-refractivity contribution >= 4 is 28.8 Å². The van der Waals surface area contributed by atoms with Gasteiger partial charge in [0.1, 0.15) is 16.5 Å². The van der Waals surface area contributed by atoms with Gasteiger partial charge in [-0.2, -0.15) is 5.10 Å². The number of amides is 1. The minimum atomic E-state index is -0.519. The molecule has 5 nitrogen and oxygen atoms in total. The topological polar surface area (TPSA) is 72.9 Å². The summed E-state index contributed by atoms with van der Waals surface area (Å²) in [5, 5.41) is 6.89. The van der Waals surface area contributed by atoms with Crippen LogP contribution in [0.3, 0.4) is 0 Å². The molecule has 3 N–H and O–H groups in total. The van der Waals surface area contributed by atoms with Gasteiger partial charge >= 0.3 is 0 Å². The number of nitrogens with two attached hydrogens (primary N) is 1. The third-order valence-corrected chi connectivity index (χ3v) is 3.14. The largest absolute Gasteiger partial charge is 0.389 e. The standard InChI is InChI=1S/C14H15FN4OS/c1-3-19-12(6-8(2)18-19)14(20)17-9-4-5-11(15)10(7-9)13(16)21/h4-7H,3H2,1-2H3,(H2,16,21)(H,17,20). The number of halogens is 1. The molecule has 0 aliphatic rings. The van der Waals surface area contributed by atoms with Crippen molar-refractivity contribution in [3.63, 3.8) is 0 Å². The summed E-state index contributed by atoms with van der Waals surface area (Å²) in [5.74, 6) is -0.840.